The fraction of sp³-hybridized carbons (Fsp3) is 0.207. The molecule has 2 heterocycles. The van der Waals surface area contributed by atoms with Crippen molar-refractivity contribution in [3.63, 3.8) is 0 Å². The molecule has 0 bridgehead atoms. The van der Waals surface area contributed by atoms with Gasteiger partial charge in [-0.2, -0.15) is 10.5 Å². The largest absolute Gasteiger partial charge is 0.493 e. The Hall–Kier alpha value is -5.45. The minimum atomic E-state index is -3.95. The van der Waals surface area contributed by atoms with Crippen molar-refractivity contribution in [3.05, 3.63) is 59.4 Å². The van der Waals surface area contributed by atoms with E-state index in [1.807, 2.05) is 6.07 Å². The fourth-order valence-corrected chi connectivity index (χ4v) is 6.09. The number of amides is 1. The number of rotatable bonds is 11. The van der Waals surface area contributed by atoms with Crippen molar-refractivity contribution in [2.24, 2.45) is 0 Å². The monoisotopic (exact) mass is 649 g/mol. The zero-order chi connectivity index (χ0) is 32.9. The Morgan fingerprint density at radius 2 is 1.64 bits per heavy atom. The summed E-state index contributed by atoms with van der Waals surface area (Å²) < 4.78 is 48.8. The van der Waals surface area contributed by atoms with Gasteiger partial charge < -0.3 is 29.8 Å². The van der Waals surface area contributed by atoms with Gasteiger partial charge in [0, 0.05) is 17.3 Å². The maximum atomic E-state index is 13.1. The van der Waals surface area contributed by atoms with E-state index in [1.165, 1.54) is 51.7 Å². The summed E-state index contributed by atoms with van der Waals surface area (Å²) in [6.07, 6.45) is 0. The van der Waals surface area contributed by atoms with Crippen LogP contribution in [-0.4, -0.2) is 51.0 Å². The summed E-state index contributed by atoms with van der Waals surface area (Å²) in [5.74, 6) is 0.777. The van der Waals surface area contributed by atoms with Crippen LogP contribution in [0.4, 0.5) is 17.3 Å². The van der Waals surface area contributed by atoms with Gasteiger partial charge in [-0.25, -0.2) is 13.4 Å². The molecule has 4 N–H and O–H groups in total. The second-order valence-corrected chi connectivity index (χ2v) is 12.3. The molecule has 1 atom stereocenters. The Kier molecular flexibility index (Phi) is 9.71. The molecule has 14 nitrogen and oxygen atoms in total. The molecule has 0 saturated carbocycles. The molecule has 2 aromatic carbocycles. The van der Waals surface area contributed by atoms with Crippen LogP contribution in [0.5, 0.6) is 17.2 Å². The van der Waals surface area contributed by atoms with Crippen LogP contribution in [0.2, 0.25) is 0 Å². The van der Waals surface area contributed by atoms with Gasteiger partial charge in [-0.1, -0.05) is 16.9 Å². The van der Waals surface area contributed by atoms with E-state index in [0.717, 1.165) is 11.8 Å². The van der Waals surface area contributed by atoms with Crippen molar-refractivity contribution in [1.82, 2.24) is 10.1 Å². The molecule has 2 aromatic heterocycles. The number of nitrogens with one attached hydrogen (secondary N) is 2. The number of sulfonamides is 1. The number of carbonyl (C=O) groups excluding carboxylic acids is 1. The highest BCUT2D eigenvalue weighted by Gasteiger charge is 2.26. The topological polar surface area (TPSA) is 215 Å². The highest BCUT2D eigenvalue weighted by atomic mass is 32.2. The van der Waals surface area contributed by atoms with Gasteiger partial charge in [0.1, 0.15) is 34.3 Å². The van der Waals surface area contributed by atoms with E-state index in [2.05, 4.69) is 26.2 Å². The number of carbonyl (C=O) groups is 1. The number of hydrogen-bond acceptors (Lipinski definition) is 13. The molecule has 0 aliphatic heterocycles. The zero-order valence-corrected chi connectivity index (χ0v) is 26.3. The van der Waals surface area contributed by atoms with E-state index in [0.29, 0.717) is 34.3 Å². The molecule has 0 aliphatic carbocycles. The normalized spacial score (nSPS) is 11.5. The third-order valence-corrected chi connectivity index (χ3v) is 8.78. The van der Waals surface area contributed by atoms with Crippen LogP contribution in [0.1, 0.15) is 23.8 Å². The van der Waals surface area contributed by atoms with Crippen molar-refractivity contribution in [1.29, 1.82) is 10.5 Å². The summed E-state index contributed by atoms with van der Waals surface area (Å²) in [5.41, 5.74) is 7.04. The molecule has 0 aliphatic rings. The van der Waals surface area contributed by atoms with Crippen LogP contribution < -0.4 is 30.0 Å². The fourth-order valence-electron chi connectivity index (χ4n) is 4.19. The highest BCUT2D eigenvalue weighted by Crippen LogP contribution is 2.44. The second-order valence-electron chi connectivity index (χ2n) is 9.27. The van der Waals surface area contributed by atoms with Gasteiger partial charge in [-0.05, 0) is 55.8 Å². The summed E-state index contributed by atoms with van der Waals surface area (Å²) in [6.45, 7) is 3.22. The van der Waals surface area contributed by atoms with Crippen molar-refractivity contribution in [2.45, 2.75) is 29.0 Å². The average Bonchev–Trinajstić information content (AvgIpc) is 3.43. The smallest absolute Gasteiger partial charge is 0.263 e. The predicted octanol–water partition coefficient (Wildman–Crippen LogP) is 4.32. The SMILES string of the molecule is COc1cc(-c2c(C#N)c(N)nc(SC(C)C(=O)Nc3ccc(S(=O)(=O)Nc4cc(C)on4)cc3)c2C#N)cc(OC)c1OC. The molecule has 1 unspecified atom stereocenters. The molecule has 16 heteroatoms. The van der Waals surface area contributed by atoms with Gasteiger partial charge in [0.15, 0.2) is 17.3 Å². The lowest BCUT2D eigenvalue weighted by molar-refractivity contribution is -0.115. The molecule has 4 aromatic rings. The van der Waals surface area contributed by atoms with Gasteiger partial charge in [-0.15, -0.1) is 0 Å². The molecule has 232 valence electrons. The highest BCUT2D eigenvalue weighted by molar-refractivity contribution is 8.00. The van der Waals surface area contributed by atoms with Crippen LogP contribution in [0, 0.1) is 29.6 Å². The molecular formula is C29H27N7O7S2. The quantitative estimate of drug-likeness (QED) is 0.193. The van der Waals surface area contributed by atoms with Crippen LogP contribution in [0.25, 0.3) is 11.1 Å². The number of ether oxygens (including phenoxy) is 3. The average molecular weight is 650 g/mol. The number of thioether (sulfide) groups is 1. The number of pyridine rings is 1. The Balaban J connectivity index is 1.60. The summed E-state index contributed by atoms with van der Waals surface area (Å²) >= 11 is 0.959. The van der Waals surface area contributed by atoms with Crippen molar-refractivity contribution in [3.8, 4) is 40.5 Å². The molecule has 45 heavy (non-hydrogen) atoms. The minimum absolute atomic E-state index is 0.0176. The molecule has 0 spiro atoms. The van der Waals surface area contributed by atoms with Gasteiger partial charge in [0.25, 0.3) is 10.0 Å². The summed E-state index contributed by atoms with van der Waals surface area (Å²) in [5, 5.41) is 25.8. The Labute approximate surface area is 263 Å². The first-order valence-electron chi connectivity index (χ1n) is 12.9. The van der Waals surface area contributed by atoms with Crippen molar-refractivity contribution >= 4 is 45.0 Å². The maximum Gasteiger partial charge on any atom is 0.263 e. The van der Waals surface area contributed by atoms with Gasteiger partial charge in [0.2, 0.25) is 11.7 Å². The number of nitrogen functional groups attached to an aromatic ring is 1. The molecule has 0 saturated heterocycles. The van der Waals surface area contributed by atoms with Crippen LogP contribution in [0.15, 0.2) is 56.9 Å². The van der Waals surface area contributed by atoms with Crippen LogP contribution in [0.3, 0.4) is 0 Å². The second kappa shape index (κ2) is 13.5. The van der Waals surface area contributed by atoms with Gasteiger partial charge in [0.05, 0.1) is 37.0 Å². The number of nitrogens with zero attached hydrogens (tertiary/aromatic N) is 4. The lowest BCUT2D eigenvalue weighted by atomic mass is 9.96. The van der Waals surface area contributed by atoms with E-state index < -0.39 is 21.2 Å². The van der Waals surface area contributed by atoms with Gasteiger partial charge in [-0.3, -0.25) is 9.52 Å². The number of aryl methyl sites for hydroxylation is 1. The number of hydrogen-bond donors (Lipinski definition) is 3. The summed E-state index contributed by atoms with van der Waals surface area (Å²) in [7, 11) is 0.368. The Bertz CT molecular complexity index is 1920. The molecule has 4 rings (SSSR count). The summed E-state index contributed by atoms with van der Waals surface area (Å²) in [6, 6.07) is 14.2. The zero-order valence-electron chi connectivity index (χ0n) is 24.7. The van der Waals surface area contributed by atoms with Crippen molar-refractivity contribution < 1.29 is 31.9 Å². The van der Waals surface area contributed by atoms with E-state index in [4.69, 9.17) is 24.5 Å². The van der Waals surface area contributed by atoms with Gasteiger partial charge >= 0.3 is 0 Å². The standard InChI is InChI=1S/C29H27N7O7S2/c1-15-10-24(35-43-15)36-45(38,39)19-8-6-18(7-9-19)33-28(37)16(2)44-29-21(14-31)25(20(13-30)27(32)34-29)17-11-22(40-3)26(42-5)23(12-17)41-4/h6-12,16H,1-5H3,(H2,32,34)(H,33,37)(H,35,36). The molecule has 1 amide bonds. The van der Waals surface area contributed by atoms with E-state index >= 15 is 0 Å². The van der Waals surface area contributed by atoms with Crippen LogP contribution in [-0.2, 0) is 14.8 Å². The molecule has 0 radical (unpaired) electrons. The number of anilines is 3. The summed E-state index contributed by atoms with van der Waals surface area (Å²) in [4.78, 5) is 17.3. The van der Waals surface area contributed by atoms with E-state index in [-0.39, 0.29) is 38.2 Å². The lowest BCUT2D eigenvalue weighted by Gasteiger charge is -2.18. The first-order valence-corrected chi connectivity index (χ1v) is 15.3. The number of nitriles is 2. The Morgan fingerprint density at radius 3 is 2.16 bits per heavy atom. The predicted molar refractivity (Wildman–Crippen MR) is 166 cm³/mol. The number of methoxy groups -OCH3 is 3. The van der Waals surface area contributed by atoms with E-state index in [1.54, 1.807) is 26.0 Å². The number of benzene rings is 2. The molecular weight excluding hydrogens is 622 g/mol. The lowest BCUT2D eigenvalue weighted by Crippen LogP contribution is -2.23. The minimum Gasteiger partial charge on any atom is -0.493 e. The first-order chi connectivity index (χ1) is 21.5. The third-order valence-electron chi connectivity index (χ3n) is 6.33. The van der Waals surface area contributed by atoms with E-state index in [9.17, 15) is 23.7 Å². The first kappa shape index (κ1) is 32.5. The van der Waals surface area contributed by atoms with Crippen molar-refractivity contribution in [2.75, 3.05) is 37.1 Å². The Morgan fingerprint density at radius 1 is 1.02 bits per heavy atom. The molecule has 0 fully saturated rings. The van der Waals surface area contributed by atoms with Crippen LogP contribution >= 0.6 is 11.8 Å². The number of aromatic nitrogens is 2. The maximum absolute atomic E-state index is 13.1. The third kappa shape index (κ3) is 6.87. The number of nitrogens with two attached hydrogens (primary N) is 1.